The number of hydrogen-bond donors (Lipinski definition) is 0. The number of aromatic nitrogens is 2. The number of carbonyl (C=O) groups is 1. The van der Waals surface area contributed by atoms with E-state index in [4.69, 9.17) is 16.3 Å². The molecule has 0 spiro atoms. The maximum atomic E-state index is 14.4. The van der Waals surface area contributed by atoms with E-state index in [1.54, 1.807) is 35.9 Å². The van der Waals surface area contributed by atoms with Crippen molar-refractivity contribution in [1.82, 2.24) is 9.55 Å². The van der Waals surface area contributed by atoms with Gasteiger partial charge in [-0.25, -0.2) is 14.2 Å². The van der Waals surface area contributed by atoms with Crippen LogP contribution in [-0.2, 0) is 11.8 Å². The third-order valence-electron chi connectivity index (χ3n) is 3.58. The van der Waals surface area contributed by atoms with E-state index in [0.717, 1.165) is 6.07 Å². The third kappa shape index (κ3) is 2.63. The van der Waals surface area contributed by atoms with E-state index in [9.17, 15) is 9.18 Å². The SMILES string of the molecule is COC(=O)c1cc(F)c2c(ncn2C)c1N(Br)c1ccccc1Cl. The number of ether oxygens (including phenoxy) is 1. The fraction of sp³-hybridized carbons (Fsp3) is 0.125. The Morgan fingerprint density at radius 3 is 2.79 bits per heavy atom. The number of anilines is 2. The summed E-state index contributed by atoms with van der Waals surface area (Å²) in [7, 11) is 2.91. The number of halogens is 3. The van der Waals surface area contributed by atoms with E-state index in [1.165, 1.54) is 17.4 Å². The third-order valence-corrected chi connectivity index (χ3v) is 4.64. The van der Waals surface area contributed by atoms with Gasteiger partial charge in [0, 0.05) is 7.05 Å². The normalized spacial score (nSPS) is 10.9. The molecule has 3 rings (SSSR count). The second-order valence-corrected chi connectivity index (χ2v) is 6.15. The molecule has 0 unspecified atom stereocenters. The molecule has 0 atom stereocenters. The van der Waals surface area contributed by atoms with Gasteiger partial charge in [-0.1, -0.05) is 23.7 Å². The van der Waals surface area contributed by atoms with Gasteiger partial charge in [-0.3, -0.25) is 3.93 Å². The molecule has 8 heteroatoms. The first-order chi connectivity index (χ1) is 11.5. The largest absolute Gasteiger partial charge is 0.465 e. The first-order valence-corrected chi connectivity index (χ1v) is 7.96. The molecule has 0 aliphatic rings. The standard InChI is InChI=1S/C16H12BrClFN3O2/c1-21-8-20-13-14(22(17)12-6-4-3-5-10(12)18)9(16(23)24-2)7-11(19)15(13)21/h3-8H,1-2H3. The summed E-state index contributed by atoms with van der Waals surface area (Å²) in [5.74, 6) is -1.23. The van der Waals surface area contributed by atoms with Crippen molar-refractivity contribution in [3.8, 4) is 0 Å². The molecule has 1 heterocycles. The topological polar surface area (TPSA) is 47.4 Å². The van der Waals surface area contributed by atoms with Crippen molar-refractivity contribution in [1.29, 1.82) is 0 Å². The van der Waals surface area contributed by atoms with Crippen LogP contribution in [0.25, 0.3) is 11.0 Å². The van der Waals surface area contributed by atoms with Crippen molar-refractivity contribution in [2.75, 3.05) is 11.0 Å². The van der Waals surface area contributed by atoms with Gasteiger partial charge in [-0.15, -0.1) is 0 Å². The number of esters is 1. The molecule has 24 heavy (non-hydrogen) atoms. The molecule has 2 aromatic carbocycles. The zero-order valence-corrected chi connectivity index (χ0v) is 15.1. The Morgan fingerprint density at radius 1 is 1.42 bits per heavy atom. The lowest BCUT2D eigenvalue weighted by Crippen LogP contribution is -2.12. The Kier molecular flexibility index (Phi) is 4.47. The highest BCUT2D eigenvalue weighted by Crippen LogP contribution is 2.41. The zero-order valence-electron chi connectivity index (χ0n) is 12.8. The summed E-state index contributed by atoms with van der Waals surface area (Å²) in [6, 6.07) is 8.19. The van der Waals surface area contributed by atoms with Crippen molar-refractivity contribution >= 4 is 56.1 Å². The van der Waals surface area contributed by atoms with Crippen LogP contribution in [0.3, 0.4) is 0 Å². The van der Waals surface area contributed by atoms with Gasteiger partial charge in [0.05, 0.1) is 51.5 Å². The lowest BCUT2D eigenvalue weighted by atomic mass is 10.1. The average molecular weight is 413 g/mol. The Bertz CT molecular complexity index is 944. The summed E-state index contributed by atoms with van der Waals surface area (Å²) in [5, 5.41) is 0.457. The number of carbonyl (C=O) groups excluding carboxylic acids is 1. The van der Waals surface area contributed by atoms with E-state index in [1.807, 2.05) is 0 Å². The van der Waals surface area contributed by atoms with Crippen LogP contribution in [0.4, 0.5) is 15.8 Å². The van der Waals surface area contributed by atoms with Gasteiger partial charge in [0.25, 0.3) is 0 Å². The van der Waals surface area contributed by atoms with Crippen molar-refractivity contribution in [3.05, 3.63) is 53.1 Å². The monoisotopic (exact) mass is 411 g/mol. The number of benzene rings is 2. The van der Waals surface area contributed by atoms with E-state index >= 15 is 0 Å². The Morgan fingerprint density at radius 2 is 2.12 bits per heavy atom. The van der Waals surface area contributed by atoms with Gasteiger partial charge < -0.3 is 9.30 Å². The molecule has 0 saturated carbocycles. The van der Waals surface area contributed by atoms with Crippen LogP contribution in [0.5, 0.6) is 0 Å². The summed E-state index contributed by atoms with van der Waals surface area (Å²) in [6.07, 6.45) is 1.48. The summed E-state index contributed by atoms with van der Waals surface area (Å²) < 4.78 is 22.3. The summed E-state index contributed by atoms with van der Waals surface area (Å²) in [6.45, 7) is 0. The predicted molar refractivity (Wildman–Crippen MR) is 94.5 cm³/mol. The number of nitrogens with zero attached hydrogens (tertiary/aromatic N) is 3. The van der Waals surface area contributed by atoms with Crippen molar-refractivity contribution in [3.63, 3.8) is 0 Å². The quantitative estimate of drug-likeness (QED) is 0.466. The molecule has 5 nitrogen and oxygen atoms in total. The van der Waals surface area contributed by atoms with Gasteiger partial charge in [-0.05, 0) is 18.2 Å². The van der Waals surface area contributed by atoms with Crippen molar-refractivity contribution < 1.29 is 13.9 Å². The van der Waals surface area contributed by atoms with Crippen molar-refractivity contribution in [2.24, 2.45) is 7.05 Å². The number of para-hydroxylation sites is 1. The molecule has 0 radical (unpaired) electrons. The first-order valence-electron chi connectivity index (χ1n) is 6.88. The molecular weight excluding hydrogens is 401 g/mol. The van der Waals surface area contributed by atoms with Gasteiger partial charge in [0.2, 0.25) is 0 Å². The Balaban J connectivity index is 2.34. The highest BCUT2D eigenvalue weighted by atomic mass is 79.9. The van der Waals surface area contributed by atoms with Crippen LogP contribution in [0, 0.1) is 5.82 Å². The predicted octanol–water partition coefficient (Wildman–Crippen LogP) is 4.60. The average Bonchev–Trinajstić information content (AvgIpc) is 2.96. The minimum Gasteiger partial charge on any atom is -0.465 e. The van der Waals surface area contributed by atoms with Crippen LogP contribution in [-0.4, -0.2) is 22.6 Å². The molecule has 1 aromatic heterocycles. The fourth-order valence-corrected chi connectivity index (χ4v) is 3.46. The number of methoxy groups -OCH3 is 1. The Labute approximate surface area is 150 Å². The van der Waals surface area contributed by atoms with Crippen molar-refractivity contribution in [2.45, 2.75) is 0 Å². The number of rotatable bonds is 3. The van der Waals surface area contributed by atoms with E-state index in [2.05, 4.69) is 21.1 Å². The lowest BCUT2D eigenvalue weighted by Gasteiger charge is -2.21. The molecule has 0 amide bonds. The Hall–Kier alpha value is -2.12. The molecule has 124 valence electrons. The molecule has 0 bridgehead atoms. The maximum absolute atomic E-state index is 14.4. The maximum Gasteiger partial charge on any atom is 0.340 e. The number of aryl methyl sites for hydroxylation is 1. The lowest BCUT2D eigenvalue weighted by molar-refractivity contribution is 0.0601. The fourth-order valence-electron chi connectivity index (χ4n) is 2.47. The molecule has 3 aromatic rings. The second-order valence-electron chi connectivity index (χ2n) is 5.03. The van der Waals surface area contributed by atoms with E-state index in [0.29, 0.717) is 21.9 Å². The molecule has 0 saturated heterocycles. The van der Waals surface area contributed by atoms with Gasteiger partial charge in [0.1, 0.15) is 16.9 Å². The van der Waals surface area contributed by atoms with Crippen LogP contribution in [0.2, 0.25) is 5.02 Å². The highest BCUT2D eigenvalue weighted by Gasteiger charge is 2.26. The van der Waals surface area contributed by atoms with Crippen LogP contribution in [0.15, 0.2) is 36.7 Å². The number of imidazole rings is 1. The first kappa shape index (κ1) is 16.7. The summed E-state index contributed by atoms with van der Waals surface area (Å²) >= 11 is 9.65. The molecule has 0 fully saturated rings. The van der Waals surface area contributed by atoms with Crippen LogP contribution in [0.1, 0.15) is 10.4 Å². The van der Waals surface area contributed by atoms with Crippen LogP contribution >= 0.6 is 27.7 Å². The molecular formula is C16H12BrClFN3O2. The molecule has 0 N–H and O–H groups in total. The molecule has 0 aliphatic carbocycles. The van der Waals surface area contributed by atoms with E-state index in [-0.39, 0.29) is 11.1 Å². The van der Waals surface area contributed by atoms with Gasteiger partial charge in [0.15, 0.2) is 0 Å². The smallest absolute Gasteiger partial charge is 0.340 e. The van der Waals surface area contributed by atoms with E-state index < -0.39 is 11.8 Å². The minimum atomic E-state index is -0.673. The second kappa shape index (κ2) is 6.41. The number of fused-ring (bicyclic) bond motifs is 1. The summed E-state index contributed by atoms with van der Waals surface area (Å²) in [5.41, 5.74) is 1.57. The zero-order chi connectivity index (χ0) is 17.4. The van der Waals surface area contributed by atoms with Crippen LogP contribution < -0.4 is 3.93 Å². The minimum absolute atomic E-state index is 0.0398. The highest BCUT2D eigenvalue weighted by molar-refractivity contribution is 9.10. The molecule has 0 aliphatic heterocycles. The summed E-state index contributed by atoms with van der Waals surface area (Å²) in [4.78, 5) is 16.4. The van der Waals surface area contributed by atoms with Gasteiger partial charge in [-0.2, -0.15) is 0 Å². The number of hydrogen-bond acceptors (Lipinski definition) is 4. The van der Waals surface area contributed by atoms with Gasteiger partial charge >= 0.3 is 5.97 Å².